The molecule has 1 unspecified atom stereocenters. The van der Waals surface area contributed by atoms with Crippen LogP contribution in [0.5, 0.6) is 0 Å². The molecule has 460 valence electrons. The summed E-state index contributed by atoms with van der Waals surface area (Å²) < 4.78 is 38.9. The van der Waals surface area contributed by atoms with Crippen molar-refractivity contribution in [2.45, 2.75) is 353 Å². The van der Waals surface area contributed by atoms with Gasteiger partial charge in [0, 0.05) is 25.7 Å². The molecule has 0 aromatic carbocycles. The number of amides is 1. The number of ether oxygens (including phenoxy) is 4. The molecule has 1 amide bonds. The summed E-state index contributed by atoms with van der Waals surface area (Å²) in [7, 11) is -5.17. The molecule has 0 aromatic heterocycles. The molecule has 1 aliphatic rings. The van der Waals surface area contributed by atoms with E-state index in [1.165, 1.54) is 116 Å². The predicted molar refractivity (Wildman–Crippen MR) is 312 cm³/mol. The number of aliphatic hydroxyl groups is 2. The molecular weight excluding hydrogens is 1010 g/mol. The zero-order valence-electron chi connectivity index (χ0n) is 49.8. The second kappa shape index (κ2) is 52.9. The Bertz CT molecular complexity index is 1470. The van der Waals surface area contributed by atoms with Crippen LogP contribution in [0.3, 0.4) is 0 Å². The van der Waals surface area contributed by atoms with Crippen LogP contribution in [0.15, 0.2) is 0 Å². The molecular formula is C62H118NO14P. The van der Waals surface area contributed by atoms with E-state index < -0.39 is 56.9 Å². The number of rotatable bonds is 57. The van der Waals surface area contributed by atoms with Crippen LogP contribution < -0.4 is 5.32 Å². The van der Waals surface area contributed by atoms with Crippen LogP contribution in [0, 0.1) is 0 Å². The average Bonchev–Trinajstić information content (AvgIpc) is 3.48. The number of carbonyl (C=O) groups excluding carboxylic acids is 4. The van der Waals surface area contributed by atoms with Gasteiger partial charge >= 0.3 is 25.7 Å². The van der Waals surface area contributed by atoms with Crippen molar-refractivity contribution in [1.29, 1.82) is 0 Å². The summed E-state index contributed by atoms with van der Waals surface area (Å²) in [6.45, 7) is 4.74. The average molecular weight is 1130 g/mol. The first-order valence-electron chi connectivity index (χ1n) is 32.4. The lowest BCUT2D eigenvalue weighted by molar-refractivity contribution is -0.255. The van der Waals surface area contributed by atoms with Crippen LogP contribution in [-0.4, -0.2) is 94.3 Å². The molecule has 5 N–H and O–H groups in total. The zero-order chi connectivity index (χ0) is 57.0. The number of esters is 3. The van der Waals surface area contributed by atoms with Crippen molar-refractivity contribution in [2.24, 2.45) is 0 Å². The molecule has 1 rings (SSSR count). The number of aliphatic hydroxyl groups excluding tert-OH is 2. The quantitative estimate of drug-likeness (QED) is 0.0165. The smallest absolute Gasteiger partial charge is 0.466 e. The van der Waals surface area contributed by atoms with Crippen LogP contribution in [0.25, 0.3) is 0 Å². The van der Waals surface area contributed by atoms with Crippen molar-refractivity contribution >= 4 is 31.6 Å². The molecule has 0 aromatic rings. The normalized spacial score (nSPS) is 17.5. The highest BCUT2D eigenvalue weighted by Crippen LogP contribution is 2.42. The molecule has 0 spiro atoms. The number of phosphoric ester groups is 1. The van der Waals surface area contributed by atoms with Crippen LogP contribution in [0.1, 0.15) is 322 Å². The summed E-state index contributed by atoms with van der Waals surface area (Å²) in [5.74, 6) is -1.24. The topological polar surface area (TPSA) is 224 Å². The molecule has 5 atom stereocenters. The minimum absolute atomic E-state index is 0.0212. The van der Waals surface area contributed by atoms with Crippen LogP contribution in [0.2, 0.25) is 0 Å². The van der Waals surface area contributed by atoms with E-state index in [-0.39, 0.29) is 24.8 Å². The van der Waals surface area contributed by atoms with E-state index >= 15 is 0 Å². The molecule has 0 radical (unpaired) electrons. The molecule has 1 aliphatic heterocycles. The predicted octanol–water partition coefficient (Wildman–Crippen LogP) is 15.4. The first-order chi connectivity index (χ1) is 37.9. The Labute approximate surface area is 474 Å². The van der Waals surface area contributed by atoms with Crippen molar-refractivity contribution in [3.8, 4) is 0 Å². The van der Waals surface area contributed by atoms with Gasteiger partial charge in [-0.3, -0.25) is 23.7 Å². The number of hydrogen-bond acceptors (Lipinski definition) is 12. The number of hydrogen-bond donors (Lipinski definition) is 5. The van der Waals surface area contributed by atoms with E-state index in [0.717, 1.165) is 154 Å². The van der Waals surface area contributed by atoms with Gasteiger partial charge in [0.1, 0.15) is 18.2 Å². The van der Waals surface area contributed by atoms with Crippen molar-refractivity contribution in [2.75, 3.05) is 19.8 Å². The van der Waals surface area contributed by atoms with Gasteiger partial charge in [-0.25, -0.2) is 4.57 Å². The second-order valence-electron chi connectivity index (χ2n) is 22.6. The Morgan fingerprint density at radius 2 is 0.718 bits per heavy atom. The van der Waals surface area contributed by atoms with Crippen molar-refractivity contribution < 1.29 is 67.2 Å². The molecule has 16 heteroatoms. The molecule has 78 heavy (non-hydrogen) atoms. The molecule has 1 heterocycles. The molecule has 1 fully saturated rings. The van der Waals surface area contributed by atoms with Gasteiger partial charge in [0.15, 0.2) is 12.4 Å². The summed E-state index contributed by atoms with van der Waals surface area (Å²) in [5, 5.41) is 23.5. The van der Waals surface area contributed by atoms with Gasteiger partial charge in [-0.15, -0.1) is 0 Å². The third-order valence-corrected chi connectivity index (χ3v) is 15.8. The molecule has 0 aliphatic carbocycles. The summed E-state index contributed by atoms with van der Waals surface area (Å²) in [6, 6.07) is -1.38. The number of carbonyl (C=O) groups is 4. The Morgan fingerprint density at radius 3 is 1.04 bits per heavy atom. The van der Waals surface area contributed by atoms with Gasteiger partial charge < -0.3 is 44.3 Å². The monoisotopic (exact) mass is 1130 g/mol. The standard InChI is InChI=1S/C62H118NO14P/c1-3-5-7-9-11-13-17-24-30-36-42-48-56(66)73-51-45-39-33-27-21-15-19-23-29-35-41-47-55(65)63-59-61(60(77-78(70,71)72)54(53-64)75-62(59)69)76-58(68)50-44-38-32-26-20-16-22-28-34-40-46-52-74-57(67)49-43-37-31-25-18-14-12-10-8-6-4-2/h54,59-62,64,69H,3-53H2,1-2H3,(H,63,65)(H2,70,71,72)/t54-,59-,60-,61-,62?/m1/s1. The van der Waals surface area contributed by atoms with Crippen molar-refractivity contribution in [3.63, 3.8) is 0 Å². The number of unbranched alkanes of at least 4 members (excludes halogenated alkanes) is 40. The number of nitrogens with one attached hydrogen (secondary N) is 1. The van der Waals surface area contributed by atoms with E-state index in [0.29, 0.717) is 38.9 Å². The fraction of sp³-hybridized carbons (Fsp3) is 0.935. The van der Waals surface area contributed by atoms with E-state index in [2.05, 4.69) is 19.2 Å². The highest BCUT2D eigenvalue weighted by molar-refractivity contribution is 7.46. The minimum atomic E-state index is -5.17. The molecule has 1 saturated heterocycles. The summed E-state index contributed by atoms with van der Waals surface area (Å²) in [6.07, 6.45) is 44.7. The Hall–Kier alpha value is -2.13. The number of phosphoric acid groups is 1. The molecule has 0 saturated carbocycles. The van der Waals surface area contributed by atoms with E-state index in [9.17, 15) is 43.7 Å². The Balaban J connectivity index is 2.18. The van der Waals surface area contributed by atoms with E-state index in [1.807, 2.05) is 0 Å². The fourth-order valence-corrected chi connectivity index (χ4v) is 11.0. The first-order valence-corrected chi connectivity index (χ1v) is 33.9. The third kappa shape index (κ3) is 45.5. The van der Waals surface area contributed by atoms with E-state index in [1.54, 1.807) is 0 Å². The lowest BCUT2D eigenvalue weighted by Crippen LogP contribution is -2.65. The van der Waals surface area contributed by atoms with Gasteiger partial charge in [0.25, 0.3) is 0 Å². The third-order valence-electron chi connectivity index (χ3n) is 15.3. The zero-order valence-corrected chi connectivity index (χ0v) is 50.7. The summed E-state index contributed by atoms with van der Waals surface area (Å²) in [4.78, 5) is 69.7. The highest BCUT2D eigenvalue weighted by Gasteiger charge is 2.51. The minimum Gasteiger partial charge on any atom is -0.466 e. The molecule has 0 bridgehead atoms. The largest absolute Gasteiger partial charge is 0.470 e. The maximum Gasteiger partial charge on any atom is 0.470 e. The van der Waals surface area contributed by atoms with Gasteiger partial charge in [-0.05, 0) is 38.5 Å². The second-order valence-corrected chi connectivity index (χ2v) is 23.8. The van der Waals surface area contributed by atoms with Crippen molar-refractivity contribution in [1.82, 2.24) is 5.32 Å². The van der Waals surface area contributed by atoms with Crippen LogP contribution >= 0.6 is 7.82 Å². The van der Waals surface area contributed by atoms with Crippen LogP contribution in [0.4, 0.5) is 0 Å². The molecule has 15 nitrogen and oxygen atoms in total. The lowest BCUT2D eigenvalue weighted by Gasteiger charge is -2.43. The Kier molecular flexibility index (Phi) is 50.1. The summed E-state index contributed by atoms with van der Waals surface area (Å²) >= 11 is 0. The maximum absolute atomic E-state index is 13.1. The fourth-order valence-electron chi connectivity index (χ4n) is 10.4. The first kappa shape index (κ1) is 73.9. The van der Waals surface area contributed by atoms with Crippen molar-refractivity contribution in [3.05, 3.63) is 0 Å². The van der Waals surface area contributed by atoms with Gasteiger partial charge in [0.05, 0.1) is 19.8 Å². The Morgan fingerprint density at radius 1 is 0.423 bits per heavy atom. The van der Waals surface area contributed by atoms with Gasteiger partial charge in [0.2, 0.25) is 5.91 Å². The van der Waals surface area contributed by atoms with Crippen LogP contribution in [-0.2, 0) is 47.2 Å². The van der Waals surface area contributed by atoms with Gasteiger partial charge in [-0.1, -0.05) is 258 Å². The SMILES string of the molecule is CCCCCCCCCCCCCC(=O)OCCCCCCCCCCCCCC(=O)N[C@H]1C(O)O[C@H](CO)[C@@H](OP(=O)(O)O)[C@@H]1OC(=O)CCCCCCCCCCCCCOC(=O)CCCCCCCCCCCCC. The summed E-state index contributed by atoms with van der Waals surface area (Å²) in [5.41, 5.74) is 0. The lowest BCUT2D eigenvalue weighted by atomic mass is 9.96. The highest BCUT2D eigenvalue weighted by atomic mass is 31.2. The van der Waals surface area contributed by atoms with Gasteiger partial charge in [-0.2, -0.15) is 0 Å². The van der Waals surface area contributed by atoms with E-state index in [4.69, 9.17) is 23.5 Å². The maximum atomic E-state index is 13.1.